The van der Waals surface area contributed by atoms with Crippen LogP contribution >= 0.6 is 23.2 Å². The number of halogens is 2. The standard InChI is InChI=1S/C13H12Cl2N2O/c1-3-17-12(11(15)7-16-17)13(18)9-4-8(2)5-10(14)6-9/h4-7H,3H2,1-2H3. The van der Waals surface area contributed by atoms with Gasteiger partial charge in [-0.2, -0.15) is 5.10 Å². The third kappa shape index (κ3) is 2.42. The number of carbonyl (C=O) groups is 1. The maximum absolute atomic E-state index is 12.4. The van der Waals surface area contributed by atoms with Crippen molar-refractivity contribution >= 4 is 29.0 Å². The third-order valence-corrected chi connectivity index (χ3v) is 3.11. The zero-order chi connectivity index (χ0) is 13.3. The number of aromatic nitrogens is 2. The van der Waals surface area contributed by atoms with Crippen LogP contribution in [0.25, 0.3) is 0 Å². The molecule has 94 valence electrons. The van der Waals surface area contributed by atoms with Gasteiger partial charge < -0.3 is 0 Å². The number of ketones is 1. The summed E-state index contributed by atoms with van der Waals surface area (Å²) in [5.41, 5.74) is 1.86. The average molecular weight is 283 g/mol. The van der Waals surface area contributed by atoms with Crippen LogP contribution in [0.4, 0.5) is 0 Å². The highest BCUT2D eigenvalue weighted by molar-refractivity contribution is 6.35. The highest BCUT2D eigenvalue weighted by atomic mass is 35.5. The van der Waals surface area contributed by atoms with Crippen LogP contribution in [0, 0.1) is 6.92 Å². The first-order valence-corrected chi connectivity index (χ1v) is 6.31. The average Bonchev–Trinajstić information content (AvgIpc) is 2.68. The summed E-state index contributed by atoms with van der Waals surface area (Å²) in [5, 5.41) is 4.96. The summed E-state index contributed by atoms with van der Waals surface area (Å²) in [4.78, 5) is 12.4. The fraction of sp³-hybridized carbons (Fsp3) is 0.231. The predicted molar refractivity (Wildman–Crippen MR) is 72.5 cm³/mol. The van der Waals surface area contributed by atoms with Crippen LogP contribution in [0.15, 0.2) is 24.4 Å². The molecule has 5 heteroatoms. The minimum absolute atomic E-state index is 0.162. The van der Waals surface area contributed by atoms with Crippen molar-refractivity contribution in [1.82, 2.24) is 9.78 Å². The smallest absolute Gasteiger partial charge is 0.212 e. The molecule has 0 saturated heterocycles. The molecule has 0 amide bonds. The quantitative estimate of drug-likeness (QED) is 0.804. The zero-order valence-electron chi connectivity index (χ0n) is 10.1. The molecule has 0 atom stereocenters. The van der Waals surface area contributed by atoms with E-state index >= 15 is 0 Å². The minimum atomic E-state index is -0.162. The van der Waals surface area contributed by atoms with E-state index < -0.39 is 0 Å². The van der Waals surface area contributed by atoms with Crippen molar-refractivity contribution in [2.75, 3.05) is 0 Å². The Balaban J connectivity index is 2.50. The fourth-order valence-electron chi connectivity index (χ4n) is 1.83. The summed E-state index contributed by atoms with van der Waals surface area (Å²) in [6.07, 6.45) is 1.48. The van der Waals surface area contributed by atoms with Gasteiger partial charge in [-0.25, -0.2) is 0 Å². The first-order valence-electron chi connectivity index (χ1n) is 5.56. The molecule has 0 aliphatic rings. The van der Waals surface area contributed by atoms with Crippen molar-refractivity contribution < 1.29 is 4.79 Å². The van der Waals surface area contributed by atoms with Crippen molar-refractivity contribution in [3.8, 4) is 0 Å². The number of hydrogen-bond donors (Lipinski definition) is 0. The van der Waals surface area contributed by atoms with Crippen molar-refractivity contribution in [1.29, 1.82) is 0 Å². The number of carbonyl (C=O) groups excluding carboxylic acids is 1. The predicted octanol–water partition coefficient (Wildman–Crippen LogP) is 3.75. The van der Waals surface area contributed by atoms with Gasteiger partial charge in [0.15, 0.2) is 0 Å². The van der Waals surface area contributed by atoms with Crippen LogP contribution in [0.5, 0.6) is 0 Å². The number of benzene rings is 1. The lowest BCUT2D eigenvalue weighted by Crippen LogP contribution is -2.11. The Morgan fingerprint density at radius 2 is 2.06 bits per heavy atom. The molecule has 0 spiro atoms. The largest absolute Gasteiger partial charge is 0.287 e. The van der Waals surface area contributed by atoms with Crippen LogP contribution in [-0.2, 0) is 6.54 Å². The van der Waals surface area contributed by atoms with Crippen LogP contribution in [0.1, 0.15) is 28.5 Å². The maximum atomic E-state index is 12.4. The van der Waals surface area contributed by atoms with Gasteiger partial charge in [0, 0.05) is 17.1 Å². The van der Waals surface area contributed by atoms with Gasteiger partial charge in [-0.3, -0.25) is 9.48 Å². The summed E-state index contributed by atoms with van der Waals surface area (Å²) in [5.74, 6) is -0.162. The van der Waals surface area contributed by atoms with Crippen molar-refractivity contribution in [3.05, 3.63) is 51.3 Å². The van der Waals surface area contributed by atoms with Crippen LogP contribution < -0.4 is 0 Å². The second-order valence-electron chi connectivity index (χ2n) is 4.00. The molecule has 1 aromatic heterocycles. The Morgan fingerprint density at radius 3 is 2.67 bits per heavy atom. The third-order valence-electron chi connectivity index (χ3n) is 2.61. The molecule has 18 heavy (non-hydrogen) atoms. The monoisotopic (exact) mass is 282 g/mol. The van der Waals surface area contributed by atoms with Gasteiger partial charge in [0.05, 0.1) is 11.2 Å². The molecule has 2 aromatic rings. The molecule has 0 aliphatic heterocycles. The Morgan fingerprint density at radius 1 is 1.33 bits per heavy atom. The molecule has 0 radical (unpaired) electrons. The van der Waals surface area contributed by atoms with E-state index in [4.69, 9.17) is 23.2 Å². The van der Waals surface area contributed by atoms with Gasteiger partial charge in [0.2, 0.25) is 5.78 Å². The minimum Gasteiger partial charge on any atom is -0.287 e. The molecule has 1 aromatic carbocycles. The van der Waals surface area contributed by atoms with E-state index in [1.165, 1.54) is 6.20 Å². The highest BCUT2D eigenvalue weighted by Gasteiger charge is 2.19. The number of hydrogen-bond acceptors (Lipinski definition) is 2. The number of rotatable bonds is 3. The molecular weight excluding hydrogens is 271 g/mol. The Hall–Kier alpha value is -1.32. The number of nitrogens with zero attached hydrogens (tertiary/aromatic N) is 2. The SMILES string of the molecule is CCn1ncc(Cl)c1C(=O)c1cc(C)cc(Cl)c1. The summed E-state index contributed by atoms with van der Waals surface area (Å²) in [6.45, 7) is 4.39. The fourth-order valence-corrected chi connectivity index (χ4v) is 2.35. The molecular formula is C13H12Cl2N2O. The normalized spacial score (nSPS) is 10.7. The molecule has 1 heterocycles. The first kappa shape index (κ1) is 13.1. The van der Waals surface area contributed by atoms with Crippen molar-refractivity contribution in [3.63, 3.8) is 0 Å². The topological polar surface area (TPSA) is 34.9 Å². The van der Waals surface area contributed by atoms with Crippen molar-refractivity contribution in [2.45, 2.75) is 20.4 Å². The molecule has 0 unspecified atom stereocenters. The molecule has 0 saturated carbocycles. The second kappa shape index (κ2) is 5.12. The molecule has 3 nitrogen and oxygen atoms in total. The summed E-state index contributed by atoms with van der Waals surface area (Å²) in [7, 11) is 0. The molecule has 0 N–H and O–H groups in total. The van der Waals surface area contributed by atoms with E-state index in [0.29, 0.717) is 27.8 Å². The summed E-state index contributed by atoms with van der Waals surface area (Å²) >= 11 is 12.0. The Kier molecular flexibility index (Phi) is 3.73. The van der Waals surface area contributed by atoms with E-state index in [1.54, 1.807) is 22.9 Å². The van der Waals surface area contributed by atoms with Crippen LogP contribution in [-0.4, -0.2) is 15.6 Å². The molecule has 0 bridgehead atoms. The van der Waals surface area contributed by atoms with E-state index in [1.807, 2.05) is 13.8 Å². The summed E-state index contributed by atoms with van der Waals surface area (Å²) < 4.78 is 1.58. The summed E-state index contributed by atoms with van der Waals surface area (Å²) in [6, 6.07) is 5.23. The van der Waals surface area contributed by atoms with E-state index in [-0.39, 0.29) is 5.78 Å². The van der Waals surface area contributed by atoms with Crippen LogP contribution in [0.3, 0.4) is 0 Å². The van der Waals surface area contributed by atoms with Gasteiger partial charge >= 0.3 is 0 Å². The van der Waals surface area contributed by atoms with Gasteiger partial charge in [-0.05, 0) is 37.6 Å². The lowest BCUT2D eigenvalue weighted by atomic mass is 10.1. The van der Waals surface area contributed by atoms with Crippen LogP contribution in [0.2, 0.25) is 10.0 Å². The van der Waals surface area contributed by atoms with Gasteiger partial charge in [-0.15, -0.1) is 0 Å². The van der Waals surface area contributed by atoms with Crippen molar-refractivity contribution in [2.24, 2.45) is 0 Å². The number of aryl methyl sites for hydroxylation is 2. The Bertz CT molecular complexity index is 585. The maximum Gasteiger partial charge on any atom is 0.212 e. The van der Waals surface area contributed by atoms with E-state index in [0.717, 1.165) is 5.56 Å². The molecule has 2 rings (SSSR count). The first-order chi connectivity index (χ1) is 8.52. The van der Waals surface area contributed by atoms with E-state index in [9.17, 15) is 4.79 Å². The lowest BCUT2D eigenvalue weighted by molar-refractivity contribution is 0.102. The van der Waals surface area contributed by atoms with Gasteiger partial charge in [0.1, 0.15) is 5.69 Å². The highest BCUT2D eigenvalue weighted by Crippen LogP contribution is 2.22. The Labute approximate surface area is 115 Å². The zero-order valence-corrected chi connectivity index (χ0v) is 11.6. The molecule has 0 aliphatic carbocycles. The lowest BCUT2D eigenvalue weighted by Gasteiger charge is -2.06. The second-order valence-corrected chi connectivity index (χ2v) is 4.85. The van der Waals surface area contributed by atoms with Gasteiger partial charge in [0.25, 0.3) is 0 Å². The van der Waals surface area contributed by atoms with E-state index in [2.05, 4.69) is 5.10 Å². The molecule has 0 fully saturated rings. The van der Waals surface area contributed by atoms with Gasteiger partial charge in [-0.1, -0.05) is 23.2 Å².